The number of likely N-dealkylation sites (N-methyl/N-ethyl adjacent to an activating group) is 1. The Morgan fingerprint density at radius 1 is 1.50 bits per heavy atom. The van der Waals surface area contributed by atoms with Gasteiger partial charge in [-0.2, -0.15) is 0 Å². The summed E-state index contributed by atoms with van der Waals surface area (Å²) in [6.07, 6.45) is 0. The standard InChI is InChI=1S/C11H14FNO3/c1-2-13-10(11(14)15)7-16-9-5-3-8(12)4-6-9/h3-6,10,13H,2,7H2,1H3,(H,14,15). The fourth-order valence-corrected chi connectivity index (χ4v) is 1.17. The van der Waals surface area contributed by atoms with Gasteiger partial charge in [0, 0.05) is 0 Å². The van der Waals surface area contributed by atoms with E-state index in [-0.39, 0.29) is 12.4 Å². The number of nitrogens with one attached hydrogen (secondary N) is 1. The fraction of sp³-hybridized carbons (Fsp3) is 0.364. The summed E-state index contributed by atoms with van der Waals surface area (Å²) < 4.78 is 17.8. The molecule has 2 N–H and O–H groups in total. The van der Waals surface area contributed by atoms with Gasteiger partial charge in [0.05, 0.1) is 0 Å². The van der Waals surface area contributed by atoms with Crippen molar-refractivity contribution in [2.45, 2.75) is 13.0 Å². The molecule has 1 unspecified atom stereocenters. The molecule has 4 nitrogen and oxygen atoms in total. The van der Waals surface area contributed by atoms with Gasteiger partial charge < -0.3 is 15.2 Å². The zero-order valence-corrected chi connectivity index (χ0v) is 8.94. The van der Waals surface area contributed by atoms with E-state index >= 15 is 0 Å². The van der Waals surface area contributed by atoms with Crippen LogP contribution in [0.1, 0.15) is 6.92 Å². The fourth-order valence-electron chi connectivity index (χ4n) is 1.17. The van der Waals surface area contributed by atoms with Gasteiger partial charge in [-0.05, 0) is 30.8 Å². The Labute approximate surface area is 93.0 Å². The molecule has 0 saturated heterocycles. The first-order valence-corrected chi connectivity index (χ1v) is 4.98. The van der Waals surface area contributed by atoms with E-state index in [0.717, 1.165) is 0 Å². The van der Waals surface area contributed by atoms with Crippen molar-refractivity contribution in [2.75, 3.05) is 13.2 Å². The van der Waals surface area contributed by atoms with Crippen molar-refractivity contribution in [1.82, 2.24) is 5.32 Å². The van der Waals surface area contributed by atoms with Crippen LogP contribution in [0.15, 0.2) is 24.3 Å². The molecule has 1 aromatic carbocycles. The van der Waals surface area contributed by atoms with E-state index in [1.165, 1.54) is 24.3 Å². The molecule has 0 saturated carbocycles. The van der Waals surface area contributed by atoms with Gasteiger partial charge in [-0.25, -0.2) is 4.39 Å². The lowest BCUT2D eigenvalue weighted by atomic mass is 10.3. The number of hydrogen-bond donors (Lipinski definition) is 2. The minimum atomic E-state index is -0.969. The number of hydrogen-bond acceptors (Lipinski definition) is 3. The molecule has 0 aliphatic heterocycles. The molecular formula is C11H14FNO3. The van der Waals surface area contributed by atoms with E-state index < -0.39 is 12.0 Å². The number of carboxylic acid groups (broad SMARTS) is 1. The molecule has 0 radical (unpaired) electrons. The largest absolute Gasteiger partial charge is 0.491 e. The summed E-state index contributed by atoms with van der Waals surface area (Å²) in [6.45, 7) is 2.37. The van der Waals surface area contributed by atoms with Crippen molar-refractivity contribution in [3.8, 4) is 5.75 Å². The van der Waals surface area contributed by atoms with Crippen LogP contribution in [0.2, 0.25) is 0 Å². The molecule has 1 aromatic rings. The average Bonchev–Trinajstić information content (AvgIpc) is 2.26. The third-order valence-corrected chi connectivity index (χ3v) is 1.98. The number of rotatable bonds is 6. The third-order valence-electron chi connectivity index (χ3n) is 1.98. The first-order valence-electron chi connectivity index (χ1n) is 4.98. The minimum absolute atomic E-state index is 0.00874. The zero-order valence-electron chi connectivity index (χ0n) is 8.94. The first-order chi connectivity index (χ1) is 7.63. The van der Waals surface area contributed by atoms with Crippen molar-refractivity contribution < 1.29 is 19.0 Å². The summed E-state index contributed by atoms with van der Waals surface area (Å²) in [5, 5.41) is 11.6. The van der Waals surface area contributed by atoms with E-state index in [2.05, 4.69) is 5.32 Å². The van der Waals surface area contributed by atoms with Crippen molar-refractivity contribution in [1.29, 1.82) is 0 Å². The second-order valence-corrected chi connectivity index (χ2v) is 3.21. The van der Waals surface area contributed by atoms with E-state index in [9.17, 15) is 9.18 Å². The van der Waals surface area contributed by atoms with Crippen LogP contribution in [0.3, 0.4) is 0 Å². The number of aliphatic carboxylic acids is 1. The van der Waals surface area contributed by atoms with E-state index in [1.807, 2.05) is 6.92 Å². The second kappa shape index (κ2) is 6.07. The molecule has 88 valence electrons. The SMILES string of the molecule is CCNC(COc1ccc(F)cc1)C(=O)O. The van der Waals surface area contributed by atoms with Crippen molar-refractivity contribution >= 4 is 5.97 Å². The predicted octanol–water partition coefficient (Wildman–Crippen LogP) is 1.27. The molecule has 0 amide bonds. The lowest BCUT2D eigenvalue weighted by Gasteiger charge is -2.14. The van der Waals surface area contributed by atoms with Crippen LogP contribution in [0.25, 0.3) is 0 Å². The van der Waals surface area contributed by atoms with Crippen LogP contribution in [0.4, 0.5) is 4.39 Å². The molecule has 0 fully saturated rings. The molecule has 0 bridgehead atoms. The van der Waals surface area contributed by atoms with E-state index in [0.29, 0.717) is 12.3 Å². The van der Waals surface area contributed by atoms with Gasteiger partial charge in [0.2, 0.25) is 0 Å². The molecule has 0 aliphatic rings. The number of carbonyl (C=O) groups is 1. The molecule has 0 aromatic heterocycles. The van der Waals surface area contributed by atoms with Crippen LogP contribution in [-0.4, -0.2) is 30.3 Å². The summed E-state index contributed by atoms with van der Waals surface area (Å²) in [5.74, 6) is -0.872. The number of halogens is 1. The molecule has 1 rings (SSSR count). The molecule has 0 aliphatic carbocycles. The monoisotopic (exact) mass is 227 g/mol. The van der Waals surface area contributed by atoms with Gasteiger partial charge in [-0.3, -0.25) is 4.79 Å². The summed E-state index contributed by atoms with van der Waals surface area (Å²) in [4.78, 5) is 10.8. The Kier molecular flexibility index (Phi) is 4.72. The number of benzene rings is 1. The van der Waals surface area contributed by atoms with Crippen LogP contribution in [0, 0.1) is 5.82 Å². The Morgan fingerprint density at radius 3 is 2.62 bits per heavy atom. The average molecular weight is 227 g/mol. The van der Waals surface area contributed by atoms with Gasteiger partial charge in [0.1, 0.15) is 24.2 Å². The number of carboxylic acids is 1. The van der Waals surface area contributed by atoms with Gasteiger partial charge >= 0.3 is 5.97 Å². The highest BCUT2D eigenvalue weighted by Gasteiger charge is 2.16. The molecule has 16 heavy (non-hydrogen) atoms. The quantitative estimate of drug-likeness (QED) is 0.768. The normalized spacial score (nSPS) is 12.1. The molecular weight excluding hydrogens is 213 g/mol. The molecule has 0 spiro atoms. The smallest absolute Gasteiger partial charge is 0.324 e. The Morgan fingerprint density at radius 2 is 2.12 bits per heavy atom. The van der Waals surface area contributed by atoms with Gasteiger partial charge in [-0.15, -0.1) is 0 Å². The highest BCUT2D eigenvalue weighted by molar-refractivity contribution is 5.73. The molecule has 0 heterocycles. The Balaban J connectivity index is 2.48. The molecule has 1 atom stereocenters. The highest BCUT2D eigenvalue weighted by Crippen LogP contribution is 2.11. The van der Waals surface area contributed by atoms with Crippen molar-refractivity contribution in [3.63, 3.8) is 0 Å². The molecule has 5 heteroatoms. The van der Waals surface area contributed by atoms with Crippen LogP contribution >= 0.6 is 0 Å². The van der Waals surface area contributed by atoms with Crippen LogP contribution in [-0.2, 0) is 4.79 Å². The van der Waals surface area contributed by atoms with Gasteiger partial charge in [0.25, 0.3) is 0 Å². The van der Waals surface area contributed by atoms with E-state index in [4.69, 9.17) is 9.84 Å². The Hall–Kier alpha value is -1.62. The summed E-state index contributed by atoms with van der Waals surface area (Å²) in [5.41, 5.74) is 0. The maximum absolute atomic E-state index is 12.6. The van der Waals surface area contributed by atoms with Crippen LogP contribution < -0.4 is 10.1 Å². The predicted molar refractivity (Wildman–Crippen MR) is 57.0 cm³/mol. The van der Waals surface area contributed by atoms with Gasteiger partial charge in [0.15, 0.2) is 0 Å². The summed E-state index contributed by atoms with van der Waals surface area (Å²) in [7, 11) is 0. The zero-order chi connectivity index (χ0) is 12.0. The topological polar surface area (TPSA) is 58.6 Å². The minimum Gasteiger partial charge on any atom is -0.491 e. The third kappa shape index (κ3) is 3.86. The maximum Gasteiger partial charge on any atom is 0.324 e. The first kappa shape index (κ1) is 12.4. The number of ether oxygens (including phenoxy) is 1. The summed E-state index contributed by atoms with van der Waals surface area (Å²) in [6, 6.07) is 4.69. The van der Waals surface area contributed by atoms with Crippen molar-refractivity contribution in [3.05, 3.63) is 30.1 Å². The van der Waals surface area contributed by atoms with Crippen molar-refractivity contribution in [2.24, 2.45) is 0 Å². The van der Waals surface area contributed by atoms with E-state index in [1.54, 1.807) is 0 Å². The van der Waals surface area contributed by atoms with Crippen LogP contribution in [0.5, 0.6) is 5.75 Å². The Bertz CT molecular complexity index is 340. The maximum atomic E-state index is 12.6. The lowest BCUT2D eigenvalue weighted by molar-refractivity contribution is -0.140. The lowest BCUT2D eigenvalue weighted by Crippen LogP contribution is -2.41. The second-order valence-electron chi connectivity index (χ2n) is 3.21. The highest BCUT2D eigenvalue weighted by atomic mass is 19.1. The van der Waals surface area contributed by atoms with Gasteiger partial charge in [-0.1, -0.05) is 6.92 Å². The summed E-state index contributed by atoms with van der Waals surface area (Å²) >= 11 is 0.